The van der Waals surface area contributed by atoms with Crippen molar-refractivity contribution in [2.24, 2.45) is 5.92 Å². The second-order valence-electron chi connectivity index (χ2n) is 3.94. The van der Waals surface area contributed by atoms with Gasteiger partial charge in [-0.1, -0.05) is 0 Å². The average molecular weight is 205 g/mol. The highest BCUT2D eigenvalue weighted by molar-refractivity contribution is 7.89. The maximum atomic E-state index is 11.0. The van der Waals surface area contributed by atoms with Gasteiger partial charge in [0.25, 0.3) is 0 Å². The molecule has 1 unspecified atom stereocenters. The summed E-state index contributed by atoms with van der Waals surface area (Å²) in [5.74, 6) is 0.599. The molecule has 0 spiro atoms. The van der Waals surface area contributed by atoms with Crippen molar-refractivity contribution in [3.8, 4) is 0 Å². The van der Waals surface area contributed by atoms with Crippen LogP contribution in [0.4, 0.5) is 0 Å². The zero-order chi connectivity index (χ0) is 9.90. The highest BCUT2D eigenvalue weighted by Crippen LogP contribution is 2.14. The third-order valence-electron chi connectivity index (χ3n) is 2.49. The summed E-state index contributed by atoms with van der Waals surface area (Å²) < 4.78 is 21.0. The molecule has 1 atom stereocenters. The Balaban J connectivity index is 2.24. The number of hydrogen-bond donors (Lipinski definition) is 2. The van der Waals surface area contributed by atoms with Crippen molar-refractivity contribution in [3.63, 3.8) is 0 Å². The minimum absolute atomic E-state index is 0.599. The lowest BCUT2D eigenvalue weighted by Crippen LogP contribution is -2.36. The van der Waals surface area contributed by atoms with Crippen LogP contribution in [-0.4, -0.2) is 42.0 Å². The molecule has 78 valence electrons. The van der Waals surface area contributed by atoms with Crippen molar-refractivity contribution < 1.29 is 4.21 Å². The lowest BCUT2D eigenvalue weighted by atomic mass is 9.98. The topological polar surface area (TPSA) is 56.2 Å². The molecule has 1 aliphatic heterocycles. The van der Waals surface area contributed by atoms with E-state index in [1.54, 1.807) is 0 Å². The summed E-state index contributed by atoms with van der Waals surface area (Å²) in [7, 11) is -0.379. The fourth-order valence-corrected chi connectivity index (χ4v) is 2.10. The van der Waals surface area contributed by atoms with Gasteiger partial charge >= 0.3 is 0 Å². The first-order chi connectivity index (χ1) is 5.97. The predicted octanol–water partition coefficient (Wildman–Crippen LogP) is 0.509. The molecule has 1 saturated heterocycles. The molecule has 0 aromatic rings. The molecule has 0 radical (unpaired) electrons. The molecule has 1 aliphatic rings. The summed E-state index contributed by atoms with van der Waals surface area (Å²) >= 11 is 0. The van der Waals surface area contributed by atoms with Gasteiger partial charge in [-0.15, -0.1) is 0 Å². The summed E-state index contributed by atoms with van der Waals surface area (Å²) in [6.07, 6.45) is 3.74. The summed E-state index contributed by atoms with van der Waals surface area (Å²) in [6.45, 7) is 2.97. The molecular formula is C8H19N3OS. The van der Waals surface area contributed by atoms with Crippen molar-refractivity contribution in [1.82, 2.24) is 9.62 Å². The highest BCUT2D eigenvalue weighted by Gasteiger charge is 2.16. The zero-order valence-corrected chi connectivity index (χ0v) is 9.19. The van der Waals surface area contributed by atoms with Crippen LogP contribution in [-0.2, 0) is 9.92 Å². The molecule has 4 nitrogen and oxygen atoms in total. The molecule has 0 aromatic heterocycles. The first-order valence-electron chi connectivity index (χ1n) is 4.64. The van der Waals surface area contributed by atoms with E-state index in [4.69, 9.17) is 4.78 Å². The molecule has 0 bridgehead atoms. The summed E-state index contributed by atoms with van der Waals surface area (Å²) in [5, 5.41) is 0. The maximum absolute atomic E-state index is 11.0. The van der Waals surface area contributed by atoms with Gasteiger partial charge in [0.05, 0.1) is 0 Å². The lowest BCUT2D eigenvalue weighted by Gasteiger charge is -2.28. The molecule has 0 amide bonds. The van der Waals surface area contributed by atoms with Crippen LogP contribution < -0.4 is 4.72 Å². The molecule has 2 N–H and O–H groups in total. The van der Waals surface area contributed by atoms with E-state index >= 15 is 0 Å². The Kier molecular flexibility index (Phi) is 3.70. The summed E-state index contributed by atoms with van der Waals surface area (Å²) in [4.78, 5) is 2.31. The van der Waals surface area contributed by atoms with Crippen LogP contribution in [0, 0.1) is 10.7 Å². The van der Waals surface area contributed by atoms with E-state index in [2.05, 4.69) is 16.7 Å². The number of likely N-dealkylation sites (tertiary alicyclic amines) is 1. The van der Waals surface area contributed by atoms with Crippen molar-refractivity contribution in [2.75, 3.05) is 32.9 Å². The molecule has 13 heavy (non-hydrogen) atoms. The first-order valence-corrected chi connectivity index (χ1v) is 6.61. The Hall–Kier alpha value is -0.130. The minimum atomic E-state index is -2.50. The Bertz CT molecular complexity index is 242. The molecule has 1 rings (SSSR count). The first kappa shape index (κ1) is 10.9. The van der Waals surface area contributed by atoms with Crippen LogP contribution in [0.15, 0.2) is 0 Å². The molecule has 5 heteroatoms. The highest BCUT2D eigenvalue weighted by atomic mass is 32.2. The molecule has 0 saturated carbocycles. The number of nitrogens with one attached hydrogen (secondary N) is 2. The largest absolute Gasteiger partial charge is 0.306 e. The Morgan fingerprint density at radius 3 is 2.54 bits per heavy atom. The smallest absolute Gasteiger partial charge is 0.102 e. The monoisotopic (exact) mass is 205 g/mol. The van der Waals surface area contributed by atoms with E-state index in [-0.39, 0.29) is 0 Å². The maximum Gasteiger partial charge on any atom is 0.102 e. The van der Waals surface area contributed by atoms with Crippen LogP contribution in [0.2, 0.25) is 0 Å². The van der Waals surface area contributed by atoms with E-state index in [9.17, 15) is 4.21 Å². The van der Waals surface area contributed by atoms with Gasteiger partial charge in [-0.05, 0) is 38.9 Å². The van der Waals surface area contributed by atoms with Crippen molar-refractivity contribution >= 4 is 9.92 Å². The van der Waals surface area contributed by atoms with Gasteiger partial charge in [-0.2, -0.15) is 0 Å². The normalized spacial score (nSPS) is 25.7. The van der Waals surface area contributed by atoms with E-state index in [0.29, 0.717) is 5.92 Å². The summed E-state index contributed by atoms with van der Waals surface area (Å²) in [5.41, 5.74) is 0. The van der Waals surface area contributed by atoms with Gasteiger partial charge in [0.15, 0.2) is 0 Å². The van der Waals surface area contributed by atoms with E-state index < -0.39 is 9.92 Å². The minimum Gasteiger partial charge on any atom is -0.306 e. The predicted molar refractivity (Wildman–Crippen MR) is 55.0 cm³/mol. The Labute approximate surface area is 80.8 Å². The average Bonchev–Trinajstić information content (AvgIpc) is 2.02. The standard InChI is InChI=1S/C8H19N3OS/c1-11-5-3-8(4-6-11)7-10-13(2,9)12/h8H,3-7H2,1-2H3,(H2,9,10,12). The van der Waals surface area contributed by atoms with Crippen LogP contribution in [0.5, 0.6) is 0 Å². The van der Waals surface area contributed by atoms with Gasteiger partial charge in [0, 0.05) is 12.8 Å². The number of nitrogens with zero attached hydrogens (tertiary/aromatic N) is 1. The quantitative estimate of drug-likeness (QED) is 0.705. The molecule has 1 fully saturated rings. The molecule has 0 aliphatic carbocycles. The van der Waals surface area contributed by atoms with Crippen LogP contribution in [0.1, 0.15) is 12.8 Å². The second-order valence-corrected chi connectivity index (χ2v) is 5.91. The second kappa shape index (κ2) is 4.39. The van der Waals surface area contributed by atoms with Gasteiger partial charge in [-0.25, -0.2) is 13.7 Å². The van der Waals surface area contributed by atoms with Gasteiger partial charge in [0.2, 0.25) is 0 Å². The van der Waals surface area contributed by atoms with Gasteiger partial charge < -0.3 is 4.90 Å². The third kappa shape index (κ3) is 4.59. The Morgan fingerprint density at radius 2 is 2.08 bits per heavy atom. The van der Waals surface area contributed by atoms with Crippen molar-refractivity contribution in [1.29, 1.82) is 4.78 Å². The number of hydrogen-bond acceptors (Lipinski definition) is 3. The third-order valence-corrected chi connectivity index (χ3v) is 3.20. The van der Waals surface area contributed by atoms with E-state index in [0.717, 1.165) is 32.5 Å². The van der Waals surface area contributed by atoms with Gasteiger partial charge in [-0.3, -0.25) is 0 Å². The number of rotatable bonds is 3. The molecular weight excluding hydrogens is 186 g/mol. The Morgan fingerprint density at radius 1 is 1.54 bits per heavy atom. The fourth-order valence-electron chi connectivity index (χ4n) is 1.54. The fraction of sp³-hybridized carbons (Fsp3) is 1.00. The number of piperidine rings is 1. The van der Waals surface area contributed by atoms with Crippen LogP contribution in [0.25, 0.3) is 0 Å². The van der Waals surface area contributed by atoms with E-state index in [1.807, 2.05) is 0 Å². The van der Waals surface area contributed by atoms with E-state index in [1.165, 1.54) is 6.26 Å². The SMILES string of the molecule is CN1CCC(CNS(C)(=N)=O)CC1. The summed E-state index contributed by atoms with van der Waals surface area (Å²) in [6, 6.07) is 0. The molecule has 0 aromatic carbocycles. The lowest BCUT2D eigenvalue weighted by molar-refractivity contribution is 0.221. The van der Waals surface area contributed by atoms with Crippen LogP contribution in [0.3, 0.4) is 0 Å². The van der Waals surface area contributed by atoms with Crippen molar-refractivity contribution in [2.45, 2.75) is 12.8 Å². The zero-order valence-electron chi connectivity index (χ0n) is 8.38. The van der Waals surface area contributed by atoms with Crippen molar-refractivity contribution in [3.05, 3.63) is 0 Å². The van der Waals surface area contributed by atoms with Crippen LogP contribution >= 0.6 is 0 Å². The van der Waals surface area contributed by atoms with Gasteiger partial charge in [0.1, 0.15) is 9.92 Å². The molecule has 1 heterocycles.